The van der Waals surface area contributed by atoms with E-state index < -0.39 is 6.61 Å². The van der Waals surface area contributed by atoms with Crippen molar-refractivity contribution in [2.24, 2.45) is 0 Å². The quantitative estimate of drug-likeness (QED) is 0.810. The summed E-state index contributed by atoms with van der Waals surface area (Å²) in [6, 6.07) is 12.6. The minimum Gasteiger partial charge on any atom is -0.435 e. The summed E-state index contributed by atoms with van der Waals surface area (Å²) >= 11 is 0. The maximum absolute atomic E-state index is 12.1. The van der Waals surface area contributed by atoms with Gasteiger partial charge in [-0.2, -0.15) is 8.78 Å². The first kappa shape index (κ1) is 17.4. The summed E-state index contributed by atoms with van der Waals surface area (Å²) < 4.78 is 28.5. The Morgan fingerprint density at radius 3 is 2.56 bits per heavy atom. The summed E-state index contributed by atoms with van der Waals surface area (Å²) in [5.41, 5.74) is 4.59. The molecule has 0 saturated heterocycles. The highest BCUT2D eigenvalue weighted by molar-refractivity contribution is 5.76. The van der Waals surface area contributed by atoms with Gasteiger partial charge < -0.3 is 15.4 Å². The topological polar surface area (TPSA) is 50.4 Å². The van der Waals surface area contributed by atoms with Gasteiger partial charge >= 0.3 is 6.61 Å². The number of amides is 1. The highest BCUT2D eigenvalue weighted by Crippen LogP contribution is 2.17. The van der Waals surface area contributed by atoms with Crippen LogP contribution in [0, 0.1) is 0 Å². The van der Waals surface area contributed by atoms with Gasteiger partial charge in [-0.05, 0) is 40.8 Å². The van der Waals surface area contributed by atoms with E-state index in [1.807, 2.05) is 6.07 Å². The van der Waals surface area contributed by atoms with Crippen LogP contribution in [0.1, 0.15) is 28.7 Å². The molecule has 2 aromatic carbocycles. The number of ether oxygens (including phenoxy) is 1. The molecule has 1 amide bonds. The molecule has 0 fully saturated rings. The van der Waals surface area contributed by atoms with E-state index in [-0.39, 0.29) is 11.7 Å². The Bertz CT molecular complexity index is 733. The van der Waals surface area contributed by atoms with Gasteiger partial charge in [0.05, 0.1) is 0 Å². The molecule has 132 valence electrons. The minimum absolute atomic E-state index is 0.0356. The van der Waals surface area contributed by atoms with Crippen molar-refractivity contribution in [3.05, 3.63) is 64.7 Å². The number of carbonyl (C=O) groups is 1. The van der Waals surface area contributed by atoms with Crippen LogP contribution in [0.5, 0.6) is 5.75 Å². The number of nitrogens with one attached hydrogen (secondary N) is 2. The maximum Gasteiger partial charge on any atom is 0.387 e. The summed E-state index contributed by atoms with van der Waals surface area (Å²) in [7, 11) is 0. The molecule has 1 heterocycles. The van der Waals surface area contributed by atoms with Crippen molar-refractivity contribution < 1.29 is 18.3 Å². The Labute approximate surface area is 145 Å². The predicted octanol–water partition coefficient (Wildman–Crippen LogP) is 3.14. The summed E-state index contributed by atoms with van der Waals surface area (Å²) in [6.07, 6.45) is 0.899. The first-order valence-electron chi connectivity index (χ1n) is 8.22. The smallest absolute Gasteiger partial charge is 0.387 e. The number of aryl methyl sites for hydroxylation is 1. The van der Waals surface area contributed by atoms with Gasteiger partial charge in [0, 0.05) is 26.1 Å². The van der Waals surface area contributed by atoms with Crippen LogP contribution in [-0.2, 0) is 30.8 Å². The fourth-order valence-electron chi connectivity index (χ4n) is 2.84. The van der Waals surface area contributed by atoms with E-state index in [4.69, 9.17) is 0 Å². The molecule has 0 aliphatic carbocycles. The van der Waals surface area contributed by atoms with Crippen molar-refractivity contribution >= 4 is 5.91 Å². The van der Waals surface area contributed by atoms with Crippen molar-refractivity contribution in [3.8, 4) is 5.75 Å². The molecule has 1 aliphatic rings. The Balaban J connectivity index is 1.43. The number of fused-ring (bicyclic) bond motifs is 1. The van der Waals surface area contributed by atoms with Gasteiger partial charge in [-0.3, -0.25) is 4.79 Å². The third-order valence-electron chi connectivity index (χ3n) is 4.18. The molecule has 2 N–H and O–H groups in total. The van der Waals surface area contributed by atoms with Crippen LogP contribution in [0.15, 0.2) is 42.5 Å². The van der Waals surface area contributed by atoms with Crippen molar-refractivity contribution in [2.75, 3.05) is 0 Å². The van der Waals surface area contributed by atoms with Crippen LogP contribution < -0.4 is 15.4 Å². The first-order chi connectivity index (χ1) is 12.1. The van der Waals surface area contributed by atoms with Gasteiger partial charge in [0.25, 0.3) is 0 Å². The summed E-state index contributed by atoms with van der Waals surface area (Å²) in [5, 5.41) is 6.21. The number of hydrogen-bond donors (Lipinski definition) is 2. The van der Waals surface area contributed by atoms with E-state index in [2.05, 4.69) is 27.5 Å². The van der Waals surface area contributed by atoms with E-state index in [1.165, 1.54) is 23.3 Å². The molecular formula is C19H20F2N2O2. The standard InChI is InChI=1S/C19H20F2N2O2/c20-19(21)25-17-6-2-13(3-7-17)4-8-18(24)23-10-14-1-5-15-11-22-12-16(15)9-14/h1-3,5-7,9,19,22H,4,8,10-12H2,(H,23,24). The molecule has 0 aromatic heterocycles. The van der Waals surface area contributed by atoms with Crippen molar-refractivity contribution in [2.45, 2.75) is 39.1 Å². The average Bonchev–Trinajstić information content (AvgIpc) is 3.06. The van der Waals surface area contributed by atoms with Gasteiger partial charge in [0.15, 0.2) is 0 Å². The SMILES string of the molecule is O=C(CCc1ccc(OC(F)F)cc1)NCc1ccc2c(c1)CNC2. The van der Waals surface area contributed by atoms with E-state index >= 15 is 0 Å². The fraction of sp³-hybridized carbons (Fsp3) is 0.316. The molecule has 25 heavy (non-hydrogen) atoms. The Kier molecular flexibility index (Phi) is 5.60. The van der Waals surface area contributed by atoms with Gasteiger partial charge in [-0.1, -0.05) is 30.3 Å². The third-order valence-corrected chi connectivity index (χ3v) is 4.18. The normalized spacial score (nSPS) is 12.9. The molecule has 6 heteroatoms. The Morgan fingerprint density at radius 2 is 1.80 bits per heavy atom. The second kappa shape index (κ2) is 8.07. The summed E-state index contributed by atoms with van der Waals surface area (Å²) in [4.78, 5) is 12.0. The number of hydrogen-bond acceptors (Lipinski definition) is 3. The Morgan fingerprint density at radius 1 is 1.08 bits per heavy atom. The number of carbonyl (C=O) groups excluding carboxylic acids is 1. The minimum atomic E-state index is -2.83. The second-order valence-corrected chi connectivity index (χ2v) is 6.01. The lowest BCUT2D eigenvalue weighted by molar-refractivity contribution is -0.121. The van der Waals surface area contributed by atoms with Crippen LogP contribution >= 0.6 is 0 Å². The molecule has 1 aliphatic heterocycles. The predicted molar refractivity (Wildman–Crippen MR) is 90.2 cm³/mol. The molecule has 0 unspecified atom stereocenters. The lowest BCUT2D eigenvalue weighted by atomic mass is 10.1. The van der Waals surface area contributed by atoms with Gasteiger partial charge in [0.1, 0.15) is 5.75 Å². The molecule has 0 radical (unpaired) electrons. The zero-order chi connectivity index (χ0) is 17.6. The van der Waals surface area contributed by atoms with E-state index in [0.717, 1.165) is 24.2 Å². The maximum atomic E-state index is 12.1. The van der Waals surface area contributed by atoms with E-state index in [1.54, 1.807) is 12.1 Å². The monoisotopic (exact) mass is 346 g/mol. The van der Waals surface area contributed by atoms with Crippen molar-refractivity contribution in [3.63, 3.8) is 0 Å². The largest absolute Gasteiger partial charge is 0.435 e. The molecule has 2 aromatic rings. The van der Waals surface area contributed by atoms with Crippen LogP contribution in [0.4, 0.5) is 8.78 Å². The highest BCUT2D eigenvalue weighted by Gasteiger charge is 2.10. The highest BCUT2D eigenvalue weighted by atomic mass is 19.3. The van der Waals surface area contributed by atoms with Crippen molar-refractivity contribution in [1.29, 1.82) is 0 Å². The zero-order valence-electron chi connectivity index (χ0n) is 13.7. The van der Waals surface area contributed by atoms with Gasteiger partial charge in [0.2, 0.25) is 5.91 Å². The number of halogens is 2. The van der Waals surface area contributed by atoms with Gasteiger partial charge in [-0.25, -0.2) is 0 Å². The Hall–Kier alpha value is -2.47. The van der Waals surface area contributed by atoms with Crippen LogP contribution in [0.25, 0.3) is 0 Å². The van der Waals surface area contributed by atoms with Crippen molar-refractivity contribution in [1.82, 2.24) is 10.6 Å². The van der Waals surface area contributed by atoms with E-state index in [9.17, 15) is 13.6 Å². The second-order valence-electron chi connectivity index (χ2n) is 6.01. The number of benzene rings is 2. The molecule has 0 saturated carbocycles. The molecule has 4 nitrogen and oxygen atoms in total. The molecule has 0 spiro atoms. The fourth-order valence-corrected chi connectivity index (χ4v) is 2.84. The number of rotatable bonds is 7. The van der Waals surface area contributed by atoms with Crippen LogP contribution in [0.2, 0.25) is 0 Å². The van der Waals surface area contributed by atoms with Crippen LogP contribution in [0.3, 0.4) is 0 Å². The molecule has 0 bridgehead atoms. The van der Waals surface area contributed by atoms with E-state index in [0.29, 0.717) is 19.4 Å². The summed E-state index contributed by atoms with van der Waals surface area (Å²) in [5.74, 6) is 0.0841. The first-order valence-corrected chi connectivity index (χ1v) is 8.22. The lowest BCUT2D eigenvalue weighted by Gasteiger charge is -2.08. The molecule has 0 atom stereocenters. The average molecular weight is 346 g/mol. The lowest BCUT2D eigenvalue weighted by Crippen LogP contribution is -2.23. The third kappa shape index (κ3) is 5.00. The summed E-state index contributed by atoms with van der Waals surface area (Å²) in [6.45, 7) is -0.537. The number of alkyl halides is 2. The molecule has 3 rings (SSSR count). The zero-order valence-corrected chi connectivity index (χ0v) is 13.7. The van der Waals surface area contributed by atoms with Gasteiger partial charge in [-0.15, -0.1) is 0 Å². The van der Waals surface area contributed by atoms with Crippen LogP contribution in [-0.4, -0.2) is 12.5 Å². The molecular weight excluding hydrogens is 326 g/mol.